The predicted molar refractivity (Wildman–Crippen MR) is 56.2 cm³/mol. The first kappa shape index (κ1) is 10.5. The van der Waals surface area contributed by atoms with Crippen LogP contribution in [-0.2, 0) is 16.0 Å². The van der Waals surface area contributed by atoms with E-state index < -0.39 is 7.12 Å². The van der Waals surface area contributed by atoms with Crippen molar-refractivity contribution < 1.29 is 19.2 Å². The molecule has 0 saturated carbocycles. The monoisotopic (exact) mass is 208 g/mol. The third kappa shape index (κ3) is 2.31. The summed E-state index contributed by atoms with van der Waals surface area (Å²) in [7, 11) is 0.815. The topological polar surface area (TPSA) is 47.9 Å². The molecule has 0 amide bonds. The number of rotatable bonds is 4. The summed E-state index contributed by atoms with van der Waals surface area (Å²) >= 11 is 0. The van der Waals surface area contributed by atoms with Gasteiger partial charge in [-0.1, -0.05) is 6.07 Å². The van der Waals surface area contributed by atoms with E-state index in [1.165, 1.54) is 0 Å². The largest absolute Gasteiger partial charge is 0.491 e. The third-order valence-electron chi connectivity index (χ3n) is 2.34. The molecule has 15 heavy (non-hydrogen) atoms. The van der Waals surface area contributed by atoms with Crippen LogP contribution in [0.1, 0.15) is 5.56 Å². The van der Waals surface area contributed by atoms with Crippen LogP contribution in [0.25, 0.3) is 0 Å². The average Bonchev–Trinajstić information content (AvgIpc) is 2.61. The second-order valence-electron chi connectivity index (χ2n) is 3.37. The fraction of sp³-hybridized carbons (Fsp3) is 0.400. The molecule has 0 spiro atoms. The van der Waals surface area contributed by atoms with Crippen molar-refractivity contribution in [2.45, 2.75) is 6.61 Å². The molecular weight excluding hydrogens is 195 g/mol. The van der Waals surface area contributed by atoms with Crippen LogP contribution in [0.15, 0.2) is 18.2 Å². The highest BCUT2D eigenvalue weighted by Crippen LogP contribution is 2.16. The van der Waals surface area contributed by atoms with E-state index in [0.29, 0.717) is 19.8 Å². The molecule has 1 aliphatic rings. The van der Waals surface area contributed by atoms with Crippen LogP contribution >= 0.6 is 0 Å². The molecule has 4 nitrogen and oxygen atoms in total. The second-order valence-corrected chi connectivity index (χ2v) is 3.37. The third-order valence-corrected chi connectivity index (χ3v) is 2.34. The molecule has 5 heteroatoms. The molecule has 2 rings (SSSR count). The minimum absolute atomic E-state index is 0.467. The van der Waals surface area contributed by atoms with Crippen molar-refractivity contribution in [2.24, 2.45) is 0 Å². The lowest BCUT2D eigenvalue weighted by Crippen LogP contribution is -2.28. The SMILES string of the molecule is COCCOc1ccc2c(c1)B(O)OC2. The first-order valence-electron chi connectivity index (χ1n) is 4.85. The van der Waals surface area contributed by atoms with Crippen LogP contribution in [0.3, 0.4) is 0 Å². The Labute approximate surface area is 88.9 Å². The molecule has 0 saturated heterocycles. The molecule has 0 bridgehead atoms. The van der Waals surface area contributed by atoms with Crippen LogP contribution in [0.5, 0.6) is 5.75 Å². The quantitative estimate of drug-likeness (QED) is 0.555. The van der Waals surface area contributed by atoms with Crippen LogP contribution < -0.4 is 10.2 Å². The Hall–Kier alpha value is -1.04. The maximum absolute atomic E-state index is 9.47. The lowest BCUT2D eigenvalue weighted by Gasteiger charge is -2.06. The Balaban J connectivity index is 2.05. The number of benzene rings is 1. The zero-order chi connectivity index (χ0) is 10.7. The molecule has 0 unspecified atom stereocenters. The van der Waals surface area contributed by atoms with Crippen LogP contribution in [-0.4, -0.2) is 32.5 Å². The molecule has 0 aromatic heterocycles. The van der Waals surface area contributed by atoms with E-state index >= 15 is 0 Å². The van der Waals surface area contributed by atoms with Crippen molar-refractivity contribution >= 4 is 12.6 Å². The Morgan fingerprint density at radius 3 is 3.13 bits per heavy atom. The molecule has 0 fully saturated rings. The normalized spacial score (nSPS) is 14.1. The lowest BCUT2D eigenvalue weighted by atomic mass is 9.79. The molecule has 1 aliphatic heterocycles. The summed E-state index contributed by atoms with van der Waals surface area (Å²) in [5.41, 5.74) is 1.81. The van der Waals surface area contributed by atoms with Crippen molar-refractivity contribution in [3.63, 3.8) is 0 Å². The van der Waals surface area contributed by atoms with Crippen molar-refractivity contribution in [3.8, 4) is 5.75 Å². The first-order valence-corrected chi connectivity index (χ1v) is 4.85. The van der Waals surface area contributed by atoms with E-state index in [2.05, 4.69) is 0 Å². The van der Waals surface area contributed by atoms with E-state index in [0.717, 1.165) is 16.8 Å². The molecule has 1 heterocycles. The van der Waals surface area contributed by atoms with Crippen LogP contribution in [0.4, 0.5) is 0 Å². The van der Waals surface area contributed by atoms with Gasteiger partial charge in [-0.25, -0.2) is 0 Å². The zero-order valence-electron chi connectivity index (χ0n) is 8.60. The highest BCUT2D eigenvalue weighted by molar-refractivity contribution is 6.61. The number of methoxy groups -OCH3 is 1. The van der Waals surface area contributed by atoms with E-state index in [1.807, 2.05) is 18.2 Å². The molecule has 0 radical (unpaired) electrons. The van der Waals surface area contributed by atoms with Crippen molar-refractivity contribution in [3.05, 3.63) is 23.8 Å². The smallest absolute Gasteiger partial charge is 0.491 e. The van der Waals surface area contributed by atoms with E-state index in [9.17, 15) is 5.02 Å². The molecule has 80 valence electrons. The van der Waals surface area contributed by atoms with Crippen molar-refractivity contribution in [2.75, 3.05) is 20.3 Å². The summed E-state index contributed by atoms with van der Waals surface area (Å²) in [6, 6.07) is 5.59. The summed E-state index contributed by atoms with van der Waals surface area (Å²) < 4.78 is 15.4. The van der Waals surface area contributed by atoms with Gasteiger partial charge in [0.1, 0.15) is 12.4 Å². The van der Waals surface area contributed by atoms with Gasteiger partial charge in [0.15, 0.2) is 0 Å². The molecule has 1 aromatic carbocycles. The minimum atomic E-state index is -0.814. The van der Waals surface area contributed by atoms with Gasteiger partial charge >= 0.3 is 7.12 Å². The first-order chi connectivity index (χ1) is 7.31. The second kappa shape index (κ2) is 4.66. The fourth-order valence-electron chi connectivity index (χ4n) is 1.53. The zero-order valence-corrected chi connectivity index (χ0v) is 8.60. The average molecular weight is 208 g/mol. The number of hydrogen-bond acceptors (Lipinski definition) is 4. The molecule has 0 atom stereocenters. The Kier molecular flexibility index (Phi) is 3.25. The Morgan fingerprint density at radius 1 is 1.47 bits per heavy atom. The fourth-order valence-corrected chi connectivity index (χ4v) is 1.53. The van der Waals surface area contributed by atoms with Gasteiger partial charge in [-0.2, -0.15) is 0 Å². The van der Waals surface area contributed by atoms with Gasteiger partial charge in [0.25, 0.3) is 0 Å². The summed E-state index contributed by atoms with van der Waals surface area (Å²) in [6.07, 6.45) is 0. The summed E-state index contributed by atoms with van der Waals surface area (Å²) in [5, 5.41) is 9.47. The number of hydrogen-bond donors (Lipinski definition) is 1. The van der Waals surface area contributed by atoms with Gasteiger partial charge in [0.2, 0.25) is 0 Å². The molecular formula is C10H13BO4. The van der Waals surface area contributed by atoms with Gasteiger partial charge in [0, 0.05) is 7.11 Å². The number of ether oxygens (including phenoxy) is 2. The maximum Gasteiger partial charge on any atom is 0.491 e. The Morgan fingerprint density at radius 2 is 2.33 bits per heavy atom. The lowest BCUT2D eigenvalue weighted by molar-refractivity contribution is 0.146. The van der Waals surface area contributed by atoms with Crippen LogP contribution in [0.2, 0.25) is 0 Å². The minimum Gasteiger partial charge on any atom is -0.491 e. The van der Waals surface area contributed by atoms with Gasteiger partial charge in [-0.05, 0) is 23.2 Å². The molecule has 1 aromatic rings. The van der Waals surface area contributed by atoms with Crippen molar-refractivity contribution in [1.29, 1.82) is 0 Å². The predicted octanol–water partition coefficient (Wildman–Crippen LogP) is -0.0705. The Bertz CT molecular complexity index is 342. The molecule has 1 N–H and O–H groups in total. The van der Waals surface area contributed by atoms with Gasteiger partial charge in [-0.3, -0.25) is 0 Å². The van der Waals surface area contributed by atoms with E-state index in [4.69, 9.17) is 14.1 Å². The van der Waals surface area contributed by atoms with Gasteiger partial charge in [-0.15, -0.1) is 0 Å². The summed E-state index contributed by atoms with van der Waals surface area (Å²) in [5.74, 6) is 0.732. The van der Waals surface area contributed by atoms with Crippen LogP contribution in [0, 0.1) is 0 Å². The maximum atomic E-state index is 9.47. The van der Waals surface area contributed by atoms with Gasteiger partial charge in [0.05, 0.1) is 13.2 Å². The molecule has 0 aliphatic carbocycles. The summed E-state index contributed by atoms with van der Waals surface area (Å²) in [6.45, 7) is 1.53. The van der Waals surface area contributed by atoms with E-state index in [-0.39, 0.29) is 0 Å². The van der Waals surface area contributed by atoms with Crippen molar-refractivity contribution in [1.82, 2.24) is 0 Å². The van der Waals surface area contributed by atoms with Gasteiger partial charge < -0.3 is 19.2 Å². The standard InChI is InChI=1S/C10H13BO4/c1-13-4-5-14-9-3-2-8-7-15-11(12)10(8)6-9/h2-3,6,12H,4-5,7H2,1H3. The summed E-state index contributed by atoms with van der Waals surface area (Å²) in [4.78, 5) is 0. The van der Waals surface area contributed by atoms with E-state index in [1.54, 1.807) is 7.11 Å². The highest BCUT2D eigenvalue weighted by atomic mass is 16.5. The highest BCUT2D eigenvalue weighted by Gasteiger charge is 2.27. The number of fused-ring (bicyclic) bond motifs is 1.